The van der Waals surface area contributed by atoms with Gasteiger partial charge in [0, 0.05) is 0 Å². The Morgan fingerprint density at radius 3 is 1.43 bits per heavy atom. The van der Waals surface area contributed by atoms with Gasteiger partial charge in [0.2, 0.25) is 0 Å². The third kappa shape index (κ3) is 46.4. The first kappa shape index (κ1) is 24.8. The van der Waals surface area contributed by atoms with Crippen molar-refractivity contribution in [2.45, 2.75) is 13.3 Å². The van der Waals surface area contributed by atoms with Gasteiger partial charge in [-0.15, -0.1) is 34.0 Å². The van der Waals surface area contributed by atoms with Gasteiger partial charge in [-0.25, -0.2) is 0 Å². The van der Waals surface area contributed by atoms with Crippen molar-refractivity contribution in [1.29, 1.82) is 0 Å². The highest BCUT2D eigenvalue weighted by Crippen LogP contribution is 1.57. The van der Waals surface area contributed by atoms with Gasteiger partial charge in [-0.2, -0.15) is 0 Å². The maximum Gasteiger partial charge on any atom is -0.00799 e. The third-order valence-electron chi connectivity index (χ3n) is 0.289. The number of hydrogen-bond donors (Lipinski definition) is 2. The van der Waals surface area contributed by atoms with Crippen molar-refractivity contribution >= 4 is 34.0 Å². The molecule has 0 amide bonds. The minimum absolute atomic E-state index is 0. The van der Waals surface area contributed by atoms with E-state index in [1.807, 2.05) is 0 Å². The van der Waals surface area contributed by atoms with Gasteiger partial charge in [0.15, 0.2) is 0 Å². The van der Waals surface area contributed by atoms with Crippen molar-refractivity contribution in [1.82, 2.24) is 6.15 Å². The van der Waals surface area contributed by atoms with Gasteiger partial charge in [-0.1, -0.05) is 6.92 Å². The molecule has 0 aliphatic heterocycles. The highest BCUT2D eigenvalue weighted by molar-refractivity contribution is 8.93. The standard InChI is InChI=1S/C3H9N.2BrH.H3N/c1-2-3-4;;;/h2-4H2,1H3;2*1H;1H3. The molecular weight excluding hydrogens is 224 g/mol. The molecule has 4 heteroatoms. The van der Waals surface area contributed by atoms with Crippen LogP contribution in [0.4, 0.5) is 0 Å². The highest BCUT2D eigenvalue weighted by atomic mass is 79.9. The molecule has 0 aliphatic carbocycles. The lowest BCUT2D eigenvalue weighted by Crippen LogP contribution is -1.93. The predicted molar refractivity (Wildman–Crippen MR) is 45.0 cm³/mol. The number of hydrogen-bond acceptors (Lipinski definition) is 2. The zero-order valence-electron chi connectivity index (χ0n) is 4.52. The first-order valence-corrected chi connectivity index (χ1v) is 1.62. The van der Waals surface area contributed by atoms with Crippen LogP contribution in [0.1, 0.15) is 13.3 Å². The first-order valence-electron chi connectivity index (χ1n) is 1.62. The average molecular weight is 238 g/mol. The van der Waals surface area contributed by atoms with Crippen LogP contribution < -0.4 is 11.9 Å². The van der Waals surface area contributed by atoms with Crippen molar-refractivity contribution in [3.8, 4) is 0 Å². The van der Waals surface area contributed by atoms with Crippen molar-refractivity contribution < 1.29 is 0 Å². The molecule has 0 aromatic rings. The lowest BCUT2D eigenvalue weighted by molar-refractivity contribution is 0.932. The van der Waals surface area contributed by atoms with E-state index in [1.54, 1.807) is 0 Å². The molecule has 0 rings (SSSR count). The van der Waals surface area contributed by atoms with Gasteiger partial charge in [-0.05, 0) is 13.0 Å². The molecule has 0 saturated carbocycles. The van der Waals surface area contributed by atoms with Gasteiger partial charge < -0.3 is 11.9 Å². The Bertz CT molecular complexity index is 12.9. The van der Waals surface area contributed by atoms with Crippen LogP contribution in [0.2, 0.25) is 0 Å². The Hall–Kier alpha value is 0.880. The van der Waals surface area contributed by atoms with E-state index in [-0.39, 0.29) is 40.1 Å². The third-order valence-corrected chi connectivity index (χ3v) is 0.289. The maximum absolute atomic E-state index is 5.03. The van der Waals surface area contributed by atoms with E-state index >= 15 is 0 Å². The molecule has 2 nitrogen and oxygen atoms in total. The minimum atomic E-state index is 0. The van der Waals surface area contributed by atoms with Gasteiger partial charge in [-0.3, -0.25) is 0 Å². The summed E-state index contributed by atoms with van der Waals surface area (Å²) in [7, 11) is 0. The largest absolute Gasteiger partial charge is 0.344 e. The fourth-order valence-corrected chi connectivity index (χ4v) is 0. The summed E-state index contributed by atoms with van der Waals surface area (Å²) < 4.78 is 0. The van der Waals surface area contributed by atoms with E-state index in [2.05, 4.69) is 6.92 Å². The van der Waals surface area contributed by atoms with Crippen LogP contribution in [0.15, 0.2) is 0 Å². The summed E-state index contributed by atoms with van der Waals surface area (Å²) in [5.74, 6) is 0. The Kier molecular flexibility index (Phi) is 102. The Morgan fingerprint density at radius 2 is 1.43 bits per heavy atom. The molecule has 7 heavy (non-hydrogen) atoms. The van der Waals surface area contributed by atoms with E-state index in [4.69, 9.17) is 5.73 Å². The predicted octanol–water partition coefficient (Wildman–Crippen LogP) is 1.67. The maximum atomic E-state index is 5.03. The van der Waals surface area contributed by atoms with E-state index in [9.17, 15) is 0 Å². The lowest BCUT2D eigenvalue weighted by Gasteiger charge is -1.70. The average Bonchev–Trinajstić information content (AvgIpc) is 1.37. The molecular formula is C3H14Br2N2. The normalized spacial score (nSPS) is 4.29. The minimum Gasteiger partial charge on any atom is -0.344 e. The molecule has 0 heterocycles. The first-order chi connectivity index (χ1) is 1.91. The quantitative estimate of drug-likeness (QED) is 0.729. The zero-order chi connectivity index (χ0) is 3.41. The molecule has 0 unspecified atom stereocenters. The van der Waals surface area contributed by atoms with Gasteiger partial charge >= 0.3 is 0 Å². The van der Waals surface area contributed by atoms with Gasteiger partial charge in [0.1, 0.15) is 0 Å². The summed E-state index contributed by atoms with van der Waals surface area (Å²) >= 11 is 0. The van der Waals surface area contributed by atoms with E-state index in [0.717, 1.165) is 13.0 Å². The summed E-state index contributed by atoms with van der Waals surface area (Å²) in [6.07, 6.45) is 1.10. The number of rotatable bonds is 1. The molecule has 0 saturated heterocycles. The molecule has 0 aliphatic rings. The number of halogens is 2. The second-order valence-electron chi connectivity index (χ2n) is 0.789. The number of nitrogens with two attached hydrogens (primary N) is 1. The topological polar surface area (TPSA) is 61.0 Å². The van der Waals surface area contributed by atoms with Crippen LogP contribution >= 0.6 is 34.0 Å². The summed E-state index contributed by atoms with van der Waals surface area (Å²) in [6.45, 7) is 2.88. The Morgan fingerprint density at radius 1 is 1.29 bits per heavy atom. The van der Waals surface area contributed by atoms with Crippen LogP contribution in [-0.4, -0.2) is 6.54 Å². The van der Waals surface area contributed by atoms with E-state index < -0.39 is 0 Å². The smallest absolute Gasteiger partial charge is 0.00799 e. The van der Waals surface area contributed by atoms with Gasteiger partial charge in [0.05, 0.1) is 0 Å². The molecule has 0 aromatic carbocycles. The monoisotopic (exact) mass is 236 g/mol. The van der Waals surface area contributed by atoms with Crippen LogP contribution in [0.25, 0.3) is 0 Å². The lowest BCUT2D eigenvalue weighted by atomic mass is 10.5. The zero-order valence-corrected chi connectivity index (χ0v) is 7.94. The summed E-state index contributed by atoms with van der Waals surface area (Å²) in [5, 5.41) is 0. The van der Waals surface area contributed by atoms with Crippen molar-refractivity contribution in [3.63, 3.8) is 0 Å². The molecule has 50 valence electrons. The van der Waals surface area contributed by atoms with Gasteiger partial charge in [0.25, 0.3) is 0 Å². The van der Waals surface area contributed by atoms with Crippen LogP contribution in [0.5, 0.6) is 0 Å². The second-order valence-corrected chi connectivity index (χ2v) is 0.789. The van der Waals surface area contributed by atoms with Crippen molar-refractivity contribution in [2.75, 3.05) is 6.54 Å². The fraction of sp³-hybridized carbons (Fsp3) is 1.00. The van der Waals surface area contributed by atoms with E-state index in [1.165, 1.54) is 0 Å². The SMILES string of the molecule is Br.Br.CCCN.N. The molecule has 0 fully saturated rings. The van der Waals surface area contributed by atoms with Crippen LogP contribution in [0.3, 0.4) is 0 Å². The van der Waals surface area contributed by atoms with Crippen LogP contribution in [-0.2, 0) is 0 Å². The molecule has 0 radical (unpaired) electrons. The Balaban J connectivity index is -0.0000000150. The summed E-state index contributed by atoms with van der Waals surface area (Å²) in [4.78, 5) is 0. The van der Waals surface area contributed by atoms with Crippen molar-refractivity contribution in [3.05, 3.63) is 0 Å². The summed E-state index contributed by atoms with van der Waals surface area (Å²) in [5.41, 5.74) is 5.03. The molecule has 0 aromatic heterocycles. The molecule has 0 atom stereocenters. The molecule has 5 N–H and O–H groups in total. The second kappa shape index (κ2) is 28.7. The fourth-order valence-electron chi connectivity index (χ4n) is 0. The molecule has 0 bridgehead atoms. The van der Waals surface area contributed by atoms with Crippen molar-refractivity contribution in [2.24, 2.45) is 5.73 Å². The molecule has 0 spiro atoms. The van der Waals surface area contributed by atoms with E-state index in [0.29, 0.717) is 0 Å². The van der Waals surface area contributed by atoms with Crippen LogP contribution in [0, 0.1) is 0 Å². The summed E-state index contributed by atoms with van der Waals surface area (Å²) in [6, 6.07) is 0. The Labute approximate surface area is 66.0 Å². The highest BCUT2D eigenvalue weighted by Gasteiger charge is 1.55.